The quantitative estimate of drug-likeness (QED) is 0.785. The van der Waals surface area contributed by atoms with Crippen LogP contribution in [0, 0.1) is 6.92 Å². The number of nitrogens with zero attached hydrogens (tertiary/aromatic N) is 1. The lowest BCUT2D eigenvalue weighted by atomic mass is 10.0. The van der Waals surface area contributed by atoms with Crippen LogP contribution in [0.5, 0.6) is 0 Å². The second kappa shape index (κ2) is 9.00. The molecule has 6 nitrogen and oxygen atoms in total. The first-order chi connectivity index (χ1) is 14.1. The van der Waals surface area contributed by atoms with E-state index < -0.39 is 9.84 Å². The van der Waals surface area contributed by atoms with Crippen molar-refractivity contribution >= 4 is 27.3 Å². The van der Waals surface area contributed by atoms with Crippen molar-refractivity contribution in [3.05, 3.63) is 64.7 Å². The molecule has 0 radical (unpaired) electrons. The van der Waals surface area contributed by atoms with Crippen LogP contribution in [0.25, 0.3) is 0 Å². The molecule has 1 fully saturated rings. The van der Waals surface area contributed by atoms with E-state index in [9.17, 15) is 18.0 Å². The summed E-state index contributed by atoms with van der Waals surface area (Å²) in [6.45, 7) is 4.73. The molecule has 160 valence electrons. The minimum Gasteiger partial charge on any atom is -0.336 e. The van der Waals surface area contributed by atoms with Crippen LogP contribution in [0.4, 0.5) is 5.69 Å². The lowest BCUT2D eigenvalue weighted by molar-refractivity contribution is 0.0635. The minimum atomic E-state index is -3.12. The summed E-state index contributed by atoms with van der Waals surface area (Å²) in [6, 6.07) is 12.1. The SMILES string of the molecule is Cc1cc(C(=O)N2CCCCC2C)ccc1NC(=O)c1ccc(CS(C)(=O)=O)cc1. The summed E-state index contributed by atoms with van der Waals surface area (Å²) >= 11 is 0. The smallest absolute Gasteiger partial charge is 0.255 e. The Morgan fingerprint density at radius 3 is 2.33 bits per heavy atom. The van der Waals surface area contributed by atoms with Crippen LogP contribution in [0.1, 0.15) is 58.0 Å². The van der Waals surface area contributed by atoms with E-state index in [-0.39, 0.29) is 23.6 Å². The van der Waals surface area contributed by atoms with E-state index in [1.807, 2.05) is 17.9 Å². The van der Waals surface area contributed by atoms with Crippen LogP contribution < -0.4 is 5.32 Å². The Hall–Kier alpha value is -2.67. The van der Waals surface area contributed by atoms with Crippen molar-refractivity contribution in [2.24, 2.45) is 0 Å². The summed E-state index contributed by atoms with van der Waals surface area (Å²) in [5.41, 5.74) is 3.16. The predicted molar refractivity (Wildman–Crippen MR) is 118 cm³/mol. The Kier molecular flexibility index (Phi) is 6.61. The van der Waals surface area contributed by atoms with Gasteiger partial charge in [0.1, 0.15) is 0 Å². The van der Waals surface area contributed by atoms with Crippen molar-refractivity contribution in [3.63, 3.8) is 0 Å². The zero-order valence-corrected chi connectivity index (χ0v) is 18.5. The van der Waals surface area contributed by atoms with Crippen molar-refractivity contribution in [2.75, 3.05) is 18.1 Å². The lowest BCUT2D eigenvalue weighted by Gasteiger charge is -2.33. The fourth-order valence-corrected chi connectivity index (χ4v) is 4.55. The number of rotatable bonds is 5. The molecule has 1 aliphatic rings. The Labute approximate surface area is 178 Å². The molecule has 30 heavy (non-hydrogen) atoms. The number of carbonyl (C=O) groups excluding carboxylic acids is 2. The molecule has 7 heteroatoms. The highest BCUT2D eigenvalue weighted by atomic mass is 32.2. The normalized spacial score (nSPS) is 16.9. The van der Waals surface area contributed by atoms with Crippen molar-refractivity contribution in [1.82, 2.24) is 4.90 Å². The van der Waals surface area contributed by atoms with Gasteiger partial charge in [0, 0.05) is 35.7 Å². The maximum Gasteiger partial charge on any atom is 0.255 e. The van der Waals surface area contributed by atoms with Gasteiger partial charge in [-0.2, -0.15) is 0 Å². The summed E-state index contributed by atoms with van der Waals surface area (Å²) in [5.74, 6) is -0.309. The van der Waals surface area contributed by atoms with Gasteiger partial charge in [-0.15, -0.1) is 0 Å². The molecule has 2 aromatic rings. The van der Waals surface area contributed by atoms with E-state index >= 15 is 0 Å². The van der Waals surface area contributed by atoms with Gasteiger partial charge in [0.2, 0.25) is 0 Å². The van der Waals surface area contributed by atoms with E-state index in [1.54, 1.807) is 36.4 Å². The van der Waals surface area contributed by atoms with Crippen LogP contribution >= 0.6 is 0 Å². The third-order valence-electron chi connectivity index (χ3n) is 5.43. The topological polar surface area (TPSA) is 83.6 Å². The van der Waals surface area contributed by atoms with Gasteiger partial charge in [-0.1, -0.05) is 12.1 Å². The van der Waals surface area contributed by atoms with E-state index in [0.29, 0.717) is 22.4 Å². The average molecular weight is 429 g/mol. The zero-order valence-electron chi connectivity index (χ0n) is 17.6. The molecule has 1 aliphatic heterocycles. The van der Waals surface area contributed by atoms with Crippen molar-refractivity contribution in [2.45, 2.75) is 44.9 Å². The summed E-state index contributed by atoms with van der Waals surface area (Å²) in [7, 11) is -3.12. The number of nitrogens with one attached hydrogen (secondary N) is 1. The van der Waals surface area contributed by atoms with Crippen molar-refractivity contribution in [1.29, 1.82) is 0 Å². The number of sulfone groups is 1. The van der Waals surface area contributed by atoms with Gasteiger partial charge in [0.15, 0.2) is 9.84 Å². The Bertz CT molecular complexity index is 1050. The third-order valence-corrected chi connectivity index (χ3v) is 6.29. The second-order valence-corrected chi connectivity index (χ2v) is 10.2. The van der Waals surface area contributed by atoms with Crippen LogP contribution in [0.3, 0.4) is 0 Å². The number of piperidine rings is 1. The molecule has 1 saturated heterocycles. The summed E-state index contributed by atoms with van der Waals surface area (Å²) in [4.78, 5) is 27.3. The number of hydrogen-bond acceptors (Lipinski definition) is 4. The summed E-state index contributed by atoms with van der Waals surface area (Å²) in [6.07, 6.45) is 4.40. The highest BCUT2D eigenvalue weighted by molar-refractivity contribution is 7.89. The number of aryl methyl sites for hydroxylation is 1. The predicted octanol–water partition coefficient (Wildman–Crippen LogP) is 3.81. The first-order valence-electron chi connectivity index (χ1n) is 10.1. The Morgan fingerprint density at radius 2 is 1.73 bits per heavy atom. The number of amides is 2. The first kappa shape index (κ1) is 22.0. The molecule has 1 N–H and O–H groups in total. The number of benzene rings is 2. The molecular weight excluding hydrogens is 400 g/mol. The van der Waals surface area contributed by atoms with Crippen molar-refractivity contribution < 1.29 is 18.0 Å². The van der Waals surface area contributed by atoms with Crippen LogP contribution in [-0.2, 0) is 15.6 Å². The third kappa shape index (κ3) is 5.48. The van der Waals surface area contributed by atoms with Crippen LogP contribution in [0.2, 0.25) is 0 Å². The van der Waals surface area contributed by atoms with Gasteiger partial charge in [-0.25, -0.2) is 8.42 Å². The Balaban J connectivity index is 1.69. The maximum atomic E-state index is 12.8. The van der Waals surface area contributed by atoms with E-state index in [1.165, 1.54) is 6.26 Å². The first-order valence-corrected chi connectivity index (χ1v) is 12.2. The number of hydrogen-bond donors (Lipinski definition) is 1. The number of carbonyl (C=O) groups is 2. The van der Waals surface area contributed by atoms with Gasteiger partial charge in [-0.3, -0.25) is 9.59 Å². The fraction of sp³-hybridized carbons (Fsp3) is 0.391. The zero-order chi connectivity index (χ0) is 21.9. The molecule has 2 aromatic carbocycles. The van der Waals surface area contributed by atoms with Crippen LogP contribution in [0.15, 0.2) is 42.5 Å². The second-order valence-electron chi connectivity index (χ2n) is 8.09. The molecule has 0 saturated carbocycles. The molecular formula is C23H28N2O4S. The molecule has 0 bridgehead atoms. The highest BCUT2D eigenvalue weighted by Crippen LogP contribution is 2.23. The number of anilines is 1. The molecule has 1 heterocycles. The molecule has 0 aliphatic carbocycles. The van der Waals surface area contributed by atoms with Gasteiger partial charge in [-0.05, 0) is 74.6 Å². The summed E-state index contributed by atoms with van der Waals surface area (Å²) < 4.78 is 22.8. The standard InChI is InChI=1S/C23H28N2O4S/c1-16-14-20(23(27)25-13-5-4-6-17(25)2)11-12-21(16)24-22(26)19-9-7-18(8-10-19)15-30(3,28)29/h7-12,14,17H,4-6,13,15H2,1-3H3,(H,24,26). The Morgan fingerprint density at radius 1 is 1.07 bits per heavy atom. The maximum absolute atomic E-state index is 12.8. The fourth-order valence-electron chi connectivity index (χ4n) is 3.75. The molecule has 0 spiro atoms. The number of likely N-dealkylation sites (tertiary alicyclic amines) is 1. The molecule has 1 unspecified atom stereocenters. The van der Waals surface area contributed by atoms with Gasteiger partial charge < -0.3 is 10.2 Å². The molecule has 3 rings (SSSR count). The average Bonchev–Trinajstić information content (AvgIpc) is 2.68. The molecule has 2 amide bonds. The van der Waals surface area contributed by atoms with Gasteiger partial charge in [0.05, 0.1) is 5.75 Å². The largest absolute Gasteiger partial charge is 0.336 e. The van der Waals surface area contributed by atoms with Crippen molar-refractivity contribution in [3.8, 4) is 0 Å². The summed E-state index contributed by atoms with van der Waals surface area (Å²) in [5, 5.41) is 2.87. The highest BCUT2D eigenvalue weighted by Gasteiger charge is 2.24. The minimum absolute atomic E-state index is 0.0321. The van der Waals surface area contributed by atoms with Gasteiger partial charge in [0.25, 0.3) is 11.8 Å². The van der Waals surface area contributed by atoms with E-state index in [2.05, 4.69) is 12.2 Å². The molecule has 0 aromatic heterocycles. The monoisotopic (exact) mass is 428 g/mol. The molecule has 1 atom stereocenters. The van der Waals surface area contributed by atoms with E-state index in [4.69, 9.17) is 0 Å². The lowest BCUT2D eigenvalue weighted by Crippen LogP contribution is -2.42. The van der Waals surface area contributed by atoms with Gasteiger partial charge >= 0.3 is 0 Å². The van der Waals surface area contributed by atoms with Crippen LogP contribution in [-0.4, -0.2) is 44.0 Å². The van der Waals surface area contributed by atoms with E-state index in [0.717, 1.165) is 31.4 Å².